The standard InChI is InChI=1S/C18H27FN2O3/c1-22-15-10-14(11-16(12-15)23-2)21-6-3-5-20(7-8-21)13-18-17(19)4-9-24-18/h10-12,17-18H,3-9,13H2,1-2H3. The lowest BCUT2D eigenvalue weighted by Crippen LogP contribution is -2.38. The minimum absolute atomic E-state index is 0.256. The molecule has 0 radical (unpaired) electrons. The van der Waals surface area contributed by atoms with E-state index in [-0.39, 0.29) is 6.10 Å². The average Bonchev–Trinajstić information content (AvgIpc) is 2.86. The molecule has 2 fully saturated rings. The zero-order valence-corrected chi connectivity index (χ0v) is 14.5. The molecule has 2 unspecified atom stereocenters. The first kappa shape index (κ1) is 17.3. The van der Waals surface area contributed by atoms with Crippen molar-refractivity contribution in [2.24, 2.45) is 0 Å². The van der Waals surface area contributed by atoms with E-state index in [0.29, 0.717) is 19.6 Å². The van der Waals surface area contributed by atoms with Crippen LogP contribution in [0.3, 0.4) is 0 Å². The van der Waals surface area contributed by atoms with Crippen molar-refractivity contribution in [2.75, 3.05) is 58.5 Å². The van der Waals surface area contributed by atoms with E-state index in [4.69, 9.17) is 14.2 Å². The normalized spacial score (nSPS) is 25.5. The average molecular weight is 338 g/mol. The van der Waals surface area contributed by atoms with E-state index in [2.05, 4.69) is 9.80 Å². The maximum atomic E-state index is 13.8. The molecule has 134 valence electrons. The summed E-state index contributed by atoms with van der Waals surface area (Å²) < 4.78 is 30.0. The Morgan fingerprint density at radius 2 is 1.83 bits per heavy atom. The number of nitrogens with zero attached hydrogens (tertiary/aromatic N) is 2. The zero-order chi connectivity index (χ0) is 16.9. The summed E-state index contributed by atoms with van der Waals surface area (Å²) in [5, 5.41) is 0. The second-order valence-corrected chi connectivity index (χ2v) is 6.43. The first-order chi connectivity index (χ1) is 11.7. The molecule has 0 amide bonds. The van der Waals surface area contributed by atoms with E-state index in [9.17, 15) is 4.39 Å². The van der Waals surface area contributed by atoms with Gasteiger partial charge in [0.2, 0.25) is 0 Å². The molecule has 5 nitrogen and oxygen atoms in total. The summed E-state index contributed by atoms with van der Waals surface area (Å²) in [7, 11) is 3.33. The van der Waals surface area contributed by atoms with E-state index in [1.807, 2.05) is 18.2 Å². The summed E-state index contributed by atoms with van der Waals surface area (Å²) in [6.45, 7) is 5.00. The first-order valence-corrected chi connectivity index (χ1v) is 8.65. The van der Waals surface area contributed by atoms with Crippen LogP contribution in [0.15, 0.2) is 18.2 Å². The van der Waals surface area contributed by atoms with Crippen molar-refractivity contribution in [3.63, 3.8) is 0 Å². The Bertz CT molecular complexity index is 521. The highest BCUT2D eigenvalue weighted by Crippen LogP contribution is 2.29. The number of ether oxygens (including phenoxy) is 3. The molecule has 24 heavy (non-hydrogen) atoms. The van der Waals surface area contributed by atoms with E-state index in [0.717, 1.165) is 49.8 Å². The molecular weight excluding hydrogens is 311 g/mol. The van der Waals surface area contributed by atoms with Crippen LogP contribution in [0.25, 0.3) is 0 Å². The van der Waals surface area contributed by atoms with Gasteiger partial charge in [0.15, 0.2) is 0 Å². The van der Waals surface area contributed by atoms with Gasteiger partial charge in [-0.3, -0.25) is 4.90 Å². The fraction of sp³-hybridized carbons (Fsp3) is 0.667. The molecule has 2 aliphatic rings. The lowest BCUT2D eigenvalue weighted by atomic mass is 10.2. The highest BCUT2D eigenvalue weighted by atomic mass is 19.1. The zero-order valence-electron chi connectivity index (χ0n) is 14.5. The quantitative estimate of drug-likeness (QED) is 0.823. The van der Waals surface area contributed by atoms with Gasteiger partial charge in [0.05, 0.1) is 20.8 Å². The predicted molar refractivity (Wildman–Crippen MR) is 92.1 cm³/mol. The Morgan fingerprint density at radius 3 is 2.46 bits per heavy atom. The van der Waals surface area contributed by atoms with Crippen LogP contribution in [0, 0.1) is 0 Å². The molecule has 0 N–H and O–H groups in total. The Balaban J connectivity index is 1.62. The van der Waals surface area contributed by atoms with Crippen molar-refractivity contribution in [1.82, 2.24) is 4.90 Å². The predicted octanol–water partition coefficient (Wildman–Crippen LogP) is 2.34. The molecule has 3 rings (SSSR count). The van der Waals surface area contributed by atoms with Crippen molar-refractivity contribution >= 4 is 5.69 Å². The third-order valence-electron chi connectivity index (χ3n) is 4.86. The van der Waals surface area contributed by atoms with Crippen LogP contribution in [-0.4, -0.2) is 70.7 Å². The Labute approximate surface area is 143 Å². The van der Waals surface area contributed by atoms with Crippen LogP contribution in [0.4, 0.5) is 10.1 Å². The molecule has 2 atom stereocenters. The third-order valence-corrected chi connectivity index (χ3v) is 4.86. The Hall–Kier alpha value is -1.53. The van der Waals surface area contributed by atoms with Gasteiger partial charge in [0.25, 0.3) is 0 Å². The minimum Gasteiger partial charge on any atom is -0.497 e. The maximum Gasteiger partial charge on any atom is 0.130 e. The number of rotatable bonds is 5. The minimum atomic E-state index is -0.813. The number of methoxy groups -OCH3 is 2. The number of halogens is 1. The molecule has 2 heterocycles. The fourth-order valence-corrected chi connectivity index (χ4v) is 3.43. The lowest BCUT2D eigenvalue weighted by molar-refractivity contribution is 0.0462. The topological polar surface area (TPSA) is 34.2 Å². The molecule has 0 spiro atoms. The molecular formula is C18H27FN2O3. The summed E-state index contributed by atoms with van der Waals surface area (Å²) in [4.78, 5) is 4.66. The summed E-state index contributed by atoms with van der Waals surface area (Å²) >= 11 is 0. The number of benzene rings is 1. The molecule has 0 aliphatic carbocycles. The smallest absolute Gasteiger partial charge is 0.130 e. The van der Waals surface area contributed by atoms with Gasteiger partial charge >= 0.3 is 0 Å². The number of hydrogen-bond acceptors (Lipinski definition) is 5. The summed E-state index contributed by atoms with van der Waals surface area (Å²) in [6.07, 6.45) is 0.512. The molecule has 0 saturated carbocycles. The molecule has 1 aromatic carbocycles. The van der Waals surface area contributed by atoms with Gasteiger partial charge in [-0.25, -0.2) is 4.39 Å². The van der Waals surface area contributed by atoms with Gasteiger partial charge in [0, 0.05) is 56.5 Å². The first-order valence-electron chi connectivity index (χ1n) is 8.65. The third kappa shape index (κ3) is 4.11. The van der Waals surface area contributed by atoms with Crippen LogP contribution >= 0.6 is 0 Å². The molecule has 1 aromatic rings. The fourth-order valence-electron chi connectivity index (χ4n) is 3.43. The SMILES string of the molecule is COc1cc(OC)cc(N2CCCN(CC3OCCC3F)CC2)c1. The molecule has 2 saturated heterocycles. The van der Waals surface area contributed by atoms with Crippen molar-refractivity contribution < 1.29 is 18.6 Å². The van der Waals surface area contributed by atoms with E-state index < -0.39 is 6.17 Å². The van der Waals surface area contributed by atoms with Crippen LogP contribution in [0.2, 0.25) is 0 Å². The second-order valence-electron chi connectivity index (χ2n) is 6.43. The highest BCUT2D eigenvalue weighted by molar-refractivity contribution is 5.55. The summed E-state index contributed by atoms with van der Waals surface area (Å²) in [5.41, 5.74) is 1.11. The van der Waals surface area contributed by atoms with E-state index in [1.165, 1.54) is 0 Å². The second kappa shape index (κ2) is 8.03. The number of alkyl halides is 1. The van der Waals surface area contributed by atoms with Crippen LogP contribution in [0.5, 0.6) is 11.5 Å². The van der Waals surface area contributed by atoms with Crippen LogP contribution in [-0.2, 0) is 4.74 Å². The van der Waals surface area contributed by atoms with Gasteiger partial charge in [-0.05, 0) is 13.0 Å². The van der Waals surface area contributed by atoms with Crippen molar-refractivity contribution in [2.45, 2.75) is 25.1 Å². The lowest BCUT2D eigenvalue weighted by Gasteiger charge is -2.26. The monoisotopic (exact) mass is 338 g/mol. The van der Waals surface area contributed by atoms with Gasteiger partial charge in [-0.15, -0.1) is 0 Å². The molecule has 0 bridgehead atoms. The largest absolute Gasteiger partial charge is 0.497 e. The number of anilines is 1. The highest BCUT2D eigenvalue weighted by Gasteiger charge is 2.30. The summed E-state index contributed by atoms with van der Waals surface area (Å²) in [5.74, 6) is 1.59. The van der Waals surface area contributed by atoms with Crippen LogP contribution < -0.4 is 14.4 Å². The van der Waals surface area contributed by atoms with Crippen molar-refractivity contribution in [3.05, 3.63) is 18.2 Å². The molecule has 2 aliphatic heterocycles. The van der Waals surface area contributed by atoms with E-state index >= 15 is 0 Å². The molecule has 0 aromatic heterocycles. The Kier molecular flexibility index (Phi) is 5.79. The Morgan fingerprint density at radius 1 is 1.08 bits per heavy atom. The molecule has 6 heteroatoms. The van der Waals surface area contributed by atoms with Gasteiger partial charge in [0.1, 0.15) is 23.8 Å². The van der Waals surface area contributed by atoms with Gasteiger partial charge in [-0.2, -0.15) is 0 Å². The van der Waals surface area contributed by atoms with Crippen molar-refractivity contribution in [3.8, 4) is 11.5 Å². The number of hydrogen-bond donors (Lipinski definition) is 0. The van der Waals surface area contributed by atoms with Crippen LogP contribution in [0.1, 0.15) is 12.8 Å². The van der Waals surface area contributed by atoms with Crippen molar-refractivity contribution in [1.29, 1.82) is 0 Å². The maximum absolute atomic E-state index is 13.8. The summed E-state index contributed by atoms with van der Waals surface area (Å²) in [6, 6.07) is 5.96. The van der Waals surface area contributed by atoms with E-state index in [1.54, 1.807) is 14.2 Å². The van der Waals surface area contributed by atoms with Gasteiger partial charge < -0.3 is 19.1 Å². The van der Waals surface area contributed by atoms with Gasteiger partial charge in [-0.1, -0.05) is 0 Å².